The van der Waals surface area contributed by atoms with Gasteiger partial charge in [0.25, 0.3) is 10.0 Å². The SMILES string of the molecule is CCc1nnc(NS(=O)(=O)c2ccc(NC3OC(=O)c4ccccc43)cc2)s1. The van der Waals surface area contributed by atoms with Gasteiger partial charge in [0.2, 0.25) is 11.4 Å². The van der Waals surface area contributed by atoms with E-state index in [0.717, 1.165) is 10.6 Å². The van der Waals surface area contributed by atoms with Gasteiger partial charge in [-0.15, -0.1) is 10.2 Å². The van der Waals surface area contributed by atoms with E-state index in [0.29, 0.717) is 17.7 Å². The molecule has 10 heteroatoms. The van der Waals surface area contributed by atoms with Gasteiger partial charge in [0.15, 0.2) is 0 Å². The van der Waals surface area contributed by atoms with Gasteiger partial charge in [-0.25, -0.2) is 13.2 Å². The summed E-state index contributed by atoms with van der Waals surface area (Å²) in [6.07, 6.45) is 0.0763. The van der Waals surface area contributed by atoms with Gasteiger partial charge in [-0.3, -0.25) is 4.72 Å². The minimum atomic E-state index is -3.76. The summed E-state index contributed by atoms with van der Waals surface area (Å²) in [5.74, 6) is -0.389. The number of aryl methyl sites for hydroxylation is 1. The van der Waals surface area contributed by atoms with Gasteiger partial charge >= 0.3 is 5.97 Å². The minimum Gasteiger partial charge on any atom is -0.434 e. The summed E-state index contributed by atoms with van der Waals surface area (Å²) in [4.78, 5) is 12.0. The molecule has 1 aromatic heterocycles. The van der Waals surface area contributed by atoms with Gasteiger partial charge in [-0.1, -0.05) is 36.5 Å². The summed E-state index contributed by atoms with van der Waals surface area (Å²) in [7, 11) is -3.76. The predicted octanol–water partition coefficient (Wildman–Crippen LogP) is 3.18. The number of benzene rings is 2. The fourth-order valence-electron chi connectivity index (χ4n) is 2.75. The maximum Gasteiger partial charge on any atom is 0.340 e. The Morgan fingerprint density at radius 2 is 1.86 bits per heavy atom. The van der Waals surface area contributed by atoms with Crippen molar-refractivity contribution in [2.75, 3.05) is 10.0 Å². The Morgan fingerprint density at radius 1 is 1.11 bits per heavy atom. The predicted molar refractivity (Wildman–Crippen MR) is 105 cm³/mol. The van der Waals surface area contributed by atoms with Crippen LogP contribution in [-0.4, -0.2) is 24.6 Å². The van der Waals surface area contributed by atoms with Crippen molar-refractivity contribution >= 4 is 38.1 Å². The molecule has 0 saturated carbocycles. The third kappa shape index (κ3) is 3.56. The lowest BCUT2D eigenvalue weighted by molar-refractivity contribution is 0.0437. The summed E-state index contributed by atoms with van der Waals surface area (Å²) >= 11 is 1.20. The number of aromatic nitrogens is 2. The van der Waals surface area contributed by atoms with E-state index >= 15 is 0 Å². The molecule has 1 aliphatic heterocycles. The zero-order chi connectivity index (χ0) is 19.7. The molecule has 4 rings (SSSR count). The smallest absolute Gasteiger partial charge is 0.340 e. The van der Waals surface area contributed by atoms with E-state index < -0.39 is 16.3 Å². The molecule has 8 nitrogen and oxygen atoms in total. The first kappa shape index (κ1) is 18.4. The Kier molecular flexibility index (Phi) is 4.73. The number of hydrogen-bond donors (Lipinski definition) is 2. The molecule has 28 heavy (non-hydrogen) atoms. The van der Waals surface area contributed by atoms with Crippen molar-refractivity contribution in [1.82, 2.24) is 10.2 Å². The van der Waals surface area contributed by atoms with Crippen LogP contribution >= 0.6 is 11.3 Å². The second-order valence-corrected chi connectivity index (χ2v) is 8.75. The molecule has 3 aromatic rings. The topological polar surface area (TPSA) is 110 Å². The first-order valence-corrected chi connectivity index (χ1v) is 10.8. The van der Waals surface area contributed by atoms with Crippen LogP contribution in [0.1, 0.15) is 34.1 Å². The number of cyclic esters (lactones) is 1. The Hall–Kier alpha value is -2.98. The second-order valence-electron chi connectivity index (χ2n) is 6.00. The third-order valence-corrected chi connectivity index (χ3v) is 6.61. The zero-order valence-corrected chi connectivity index (χ0v) is 16.4. The van der Waals surface area contributed by atoms with Crippen LogP contribution in [0.15, 0.2) is 53.4 Å². The molecule has 0 fully saturated rings. The molecule has 1 aliphatic rings. The minimum absolute atomic E-state index is 0.0927. The lowest BCUT2D eigenvalue weighted by Gasteiger charge is -2.14. The maximum atomic E-state index is 12.5. The van der Waals surface area contributed by atoms with E-state index in [-0.39, 0.29) is 16.0 Å². The van der Waals surface area contributed by atoms with Gasteiger partial charge in [-0.2, -0.15) is 0 Å². The highest BCUT2D eigenvalue weighted by Gasteiger charge is 2.30. The molecule has 2 N–H and O–H groups in total. The molecule has 2 heterocycles. The number of rotatable bonds is 6. The third-order valence-electron chi connectivity index (χ3n) is 4.14. The van der Waals surface area contributed by atoms with E-state index in [4.69, 9.17) is 4.74 Å². The molecule has 0 spiro atoms. The standard InChI is InChI=1S/C18H16N4O4S2/c1-2-15-20-21-18(27-15)22-28(24,25)12-9-7-11(8-10-12)19-16-13-5-3-4-6-14(13)17(23)26-16/h3-10,16,19H,2H2,1H3,(H,21,22). The van der Waals surface area contributed by atoms with E-state index in [1.165, 1.54) is 23.5 Å². The highest BCUT2D eigenvalue weighted by molar-refractivity contribution is 7.93. The largest absolute Gasteiger partial charge is 0.434 e. The summed E-state index contributed by atoms with van der Waals surface area (Å²) < 4.78 is 32.8. The summed E-state index contributed by atoms with van der Waals surface area (Å²) in [6, 6.07) is 13.3. The number of hydrogen-bond acceptors (Lipinski definition) is 8. The van der Waals surface area contributed by atoms with Crippen molar-refractivity contribution in [3.05, 3.63) is 64.7 Å². The summed E-state index contributed by atoms with van der Waals surface area (Å²) in [5.41, 5.74) is 1.89. The van der Waals surface area contributed by atoms with E-state index in [1.807, 2.05) is 19.1 Å². The van der Waals surface area contributed by atoms with E-state index in [9.17, 15) is 13.2 Å². The maximum absolute atomic E-state index is 12.5. The number of fused-ring (bicyclic) bond motifs is 1. The number of carbonyl (C=O) groups is 1. The average Bonchev–Trinajstić information content (AvgIpc) is 3.27. The van der Waals surface area contributed by atoms with E-state index in [2.05, 4.69) is 20.2 Å². The van der Waals surface area contributed by atoms with Crippen LogP contribution in [0.5, 0.6) is 0 Å². The lowest BCUT2D eigenvalue weighted by Crippen LogP contribution is -2.13. The first-order chi connectivity index (χ1) is 13.5. The van der Waals surface area contributed by atoms with Gasteiger partial charge in [0.1, 0.15) is 5.01 Å². The van der Waals surface area contributed by atoms with Crippen molar-refractivity contribution in [1.29, 1.82) is 0 Å². The second kappa shape index (κ2) is 7.21. The Bertz CT molecular complexity index is 1130. The van der Waals surface area contributed by atoms with Gasteiger partial charge in [-0.05, 0) is 36.8 Å². The van der Waals surface area contributed by atoms with Crippen LogP contribution in [0.2, 0.25) is 0 Å². The fourth-order valence-corrected chi connectivity index (χ4v) is 4.66. The fraction of sp³-hybridized carbons (Fsp3) is 0.167. The number of nitrogens with one attached hydrogen (secondary N) is 2. The lowest BCUT2D eigenvalue weighted by atomic mass is 10.1. The molecule has 1 atom stereocenters. The van der Waals surface area contributed by atoms with Crippen molar-refractivity contribution in [2.45, 2.75) is 24.5 Å². The van der Waals surface area contributed by atoms with E-state index in [1.54, 1.807) is 24.3 Å². The normalized spacial score (nSPS) is 15.8. The molecular formula is C18H16N4O4S2. The quantitative estimate of drug-likeness (QED) is 0.594. The van der Waals surface area contributed by atoms with Crippen LogP contribution in [-0.2, 0) is 21.2 Å². The number of sulfonamides is 1. The van der Waals surface area contributed by atoms with Crippen molar-refractivity contribution in [3.8, 4) is 0 Å². The summed E-state index contributed by atoms with van der Waals surface area (Å²) in [5, 5.41) is 11.8. The average molecular weight is 416 g/mol. The molecule has 144 valence electrons. The summed E-state index contributed by atoms with van der Waals surface area (Å²) in [6.45, 7) is 1.92. The van der Waals surface area contributed by atoms with Crippen LogP contribution in [0.4, 0.5) is 10.8 Å². The highest BCUT2D eigenvalue weighted by Crippen LogP contribution is 2.31. The van der Waals surface area contributed by atoms with Crippen LogP contribution < -0.4 is 10.0 Å². The van der Waals surface area contributed by atoms with Crippen molar-refractivity contribution in [3.63, 3.8) is 0 Å². The van der Waals surface area contributed by atoms with Gasteiger partial charge < -0.3 is 10.1 Å². The van der Waals surface area contributed by atoms with Gasteiger partial charge in [0, 0.05) is 11.3 Å². The number of anilines is 2. The molecule has 0 radical (unpaired) electrons. The van der Waals surface area contributed by atoms with Crippen LogP contribution in [0.3, 0.4) is 0 Å². The number of esters is 1. The molecule has 0 saturated heterocycles. The van der Waals surface area contributed by atoms with Crippen LogP contribution in [0, 0.1) is 0 Å². The molecule has 2 aromatic carbocycles. The Balaban J connectivity index is 1.49. The molecule has 0 aliphatic carbocycles. The zero-order valence-electron chi connectivity index (χ0n) is 14.7. The Labute approximate surface area is 165 Å². The molecular weight excluding hydrogens is 400 g/mol. The monoisotopic (exact) mass is 416 g/mol. The first-order valence-electron chi connectivity index (χ1n) is 8.48. The van der Waals surface area contributed by atoms with Gasteiger partial charge in [0.05, 0.1) is 10.5 Å². The van der Waals surface area contributed by atoms with Crippen molar-refractivity contribution < 1.29 is 17.9 Å². The van der Waals surface area contributed by atoms with Crippen LogP contribution in [0.25, 0.3) is 0 Å². The number of carbonyl (C=O) groups excluding carboxylic acids is 1. The molecule has 1 unspecified atom stereocenters. The highest BCUT2D eigenvalue weighted by atomic mass is 32.2. The molecule has 0 amide bonds. The number of nitrogens with zero attached hydrogens (tertiary/aromatic N) is 2. The van der Waals surface area contributed by atoms with Crippen molar-refractivity contribution in [2.24, 2.45) is 0 Å². The molecule has 0 bridgehead atoms. The Morgan fingerprint density at radius 3 is 2.57 bits per heavy atom. The number of ether oxygens (including phenoxy) is 1.